The summed E-state index contributed by atoms with van der Waals surface area (Å²) in [7, 11) is 1.66. The Hall–Kier alpha value is -3.27. The monoisotopic (exact) mass is 417 g/mol. The van der Waals surface area contributed by atoms with Crippen molar-refractivity contribution in [2.75, 3.05) is 13.7 Å². The third kappa shape index (κ3) is 6.61. The summed E-state index contributed by atoms with van der Waals surface area (Å²) in [5.41, 5.74) is 3.27. The van der Waals surface area contributed by atoms with Crippen LogP contribution in [0.15, 0.2) is 78.9 Å². The SMILES string of the molecule is COc1ccccc1[C@H](CC(=O)NCCc1ccccc1)c1ccc(OC(C)C)cc1. The molecule has 1 N–H and O–H groups in total. The molecule has 0 radical (unpaired) electrons. The molecule has 0 spiro atoms. The Balaban J connectivity index is 1.75. The van der Waals surface area contributed by atoms with Gasteiger partial charge in [0.1, 0.15) is 11.5 Å². The molecule has 3 aromatic rings. The van der Waals surface area contributed by atoms with Crippen LogP contribution in [0.2, 0.25) is 0 Å². The van der Waals surface area contributed by atoms with Crippen molar-refractivity contribution in [1.82, 2.24) is 5.32 Å². The third-order valence-electron chi connectivity index (χ3n) is 5.14. The Kier molecular flexibility index (Phi) is 8.11. The predicted molar refractivity (Wildman–Crippen MR) is 125 cm³/mol. The van der Waals surface area contributed by atoms with Gasteiger partial charge in [-0.25, -0.2) is 0 Å². The number of rotatable bonds is 10. The van der Waals surface area contributed by atoms with Crippen molar-refractivity contribution < 1.29 is 14.3 Å². The van der Waals surface area contributed by atoms with Gasteiger partial charge in [-0.1, -0.05) is 60.7 Å². The van der Waals surface area contributed by atoms with Crippen molar-refractivity contribution in [3.8, 4) is 11.5 Å². The van der Waals surface area contributed by atoms with E-state index in [4.69, 9.17) is 9.47 Å². The molecule has 1 atom stereocenters. The topological polar surface area (TPSA) is 47.6 Å². The Morgan fingerprint density at radius 3 is 2.26 bits per heavy atom. The Morgan fingerprint density at radius 2 is 1.58 bits per heavy atom. The average molecular weight is 418 g/mol. The number of carbonyl (C=O) groups is 1. The number of amides is 1. The second-order valence-electron chi connectivity index (χ2n) is 7.82. The van der Waals surface area contributed by atoms with Crippen LogP contribution >= 0.6 is 0 Å². The largest absolute Gasteiger partial charge is 0.496 e. The number of hydrogen-bond acceptors (Lipinski definition) is 3. The lowest BCUT2D eigenvalue weighted by Crippen LogP contribution is -2.27. The third-order valence-corrected chi connectivity index (χ3v) is 5.14. The second kappa shape index (κ2) is 11.2. The van der Waals surface area contributed by atoms with Gasteiger partial charge >= 0.3 is 0 Å². The molecule has 0 aliphatic carbocycles. The Labute approximate surface area is 185 Å². The molecule has 0 unspecified atom stereocenters. The summed E-state index contributed by atoms with van der Waals surface area (Å²) >= 11 is 0. The van der Waals surface area contributed by atoms with Crippen molar-refractivity contribution in [3.05, 3.63) is 95.6 Å². The van der Waals surface area contributed by atoms with E-state index in [2.05, 4.69) is 17.4 Å². The maximum absolute atomic E-state index is 12.8. The van der Waals surface area contributed by atoms with Gasteiger partial charge in [0.2, 0.25) is 5.91 Å². The average Bonchev–Trinajstić information content (AvgIpc) is 2.78. The number of hydrogen-bond donors (Lipinski definition) is 1. The molecule has 162 valence electrons. The maximum Gasteiger partial charge on any atom is 0.220 e. The standard InChI is InChI=1S/C27H31NO3/c1-20(2)31-23-15-13-22(14-16-23)25(24-11-7-8-12-26(24)30-3)19-27(29)28-18-17-21-9-5-4-6-10-21/h4-16,20,25H,17-19H2,1-3H3,(H,28,29)/t25-/m1/s1. The lowest BCUT2D eigenvalue weighted by Gasteiger charge is -2.21. The fraction of sp³-hybridized carbons (Fsp3) is 0.296. The maximum atomic E-state index is 12.8. The van der Waals surface area contributed by atoms with Gasteiger partial charge in [-0.3, -0.25) is 4.79 Å². The highest BCUT2D eigenvalue weighted by atomic mass is 16.5. The van der Waals surface area contributed by atoms with E-state index in [9.17, 15) is 4.79 Å². The number of carbonyl (C=O) groups excluding carboxylic acids is 1. The predicted octanol–water partition coefficient (Wildman–Crippen LogP) is 5.36. The molecule has 31 heavy (non-hydrogen) atoms. The molecule has 0 aliphatic rings. The first-order valence-electron chi connectivity index (χ1n) is 10.8. The molecule has 0 fully saturated rings. The molecule has 3 aromatic carbocycles. The highest BCUT2D eigenvalue weighted by molar-refractivity contribution is 5.77. The molecule has 0 bridgehead atoms. The van der Waals surface area contributed by atoms with Crippen LogP contribution in [-0.2, 0) is 11.2 Å². The Bertz CT molecular complexity index is 952. The zero-order chi connectivity index (χ0) is 22.1. The van der Waals surface area contributed by atoms with E-state index in [1.54, 1.807) is 7.11 Å². The molecular formula is C27H31NO3. The van der Waals surface area contributed by atoms with Crippen molar-refractivity contribution >= 4 is 5.91 Å². The van der Waals surface area contributed by atoms with Crippen LogP contribution < -0.4 is 14.8 Å². The van der Waals surface area contributed by atoms with E-state index >= 15 is 0 Å². The van der Waals surface area contributed by atoms with Crippen molar-refractivity contribution in [3.63, 3.8) is 0 Å². The number of methoxy groups -OCH3 is 1. The van der Waals surface area contributed by atoms with E-state index in [-0.39, 0.29) is 17.9 Å². The first-order valence-corrected chi connectivity index (χ1v) is 10.8. The first kappa shape index (κ1) is 22.4. The van der Waals surface area contributed by atoms with E-state index in [0.717, 1.165) is 29.0 Å². The fourth-order valence-corrected chi connectivity index (χ4v) is 3.66. The molecule has 0 aliphatic heterocycles. The lowest BCUT2D eigenvalue weighted by atomic mass is 9.87. The van der Waals surface area contributed by atoms with Crippen LogP contribution in [0.3, 0.4) is 0 Å². The van der Waals surface area contributed by atoms with Gasteiger partial charge in [0.15, 0.2) is 0 Å². The van der Waals surface area contributed by atoms with Gasteiger partial charge in [-0.15, -0.1) is 0 Å². The van der Waals surface area contributed by atoms with Gasteiger partial charge in [0.25, 0.3) is 0 Å². The van der Waals surface area contributed by atoms with Crippen LogP contribution in [0.4, 0.5) is 0 Å². The summed E-state index contributed by atoms with van der Waals surface area (Å²) in [5, 5.41) is 3.07. The normalized spacial score (nSPS) is 11.7. The molecule has 4 nitrogen and oxygen atoms in total. The molecular weight excluding hydrogens is 386 g/mol. The summed E-state index contributed by atoms with van der Waals surface area (Å²) in [6.45, 7) is 4.62. The van der Waals surface area contributed by atoms with E-state index in [0.29, 0.717) is 13.0 Å². The minimum absolute atomic E-state index is 0.0225. The minimum atomic E-state index is -0.110. The van der Waals surface area contributed by atoms with Crippen LogP contribution in [0.5, 0.6) is 11.5 Å². The highest BCUT2D eigenvalue weighted by Crippen LogP contribution is 2.35. The summed E-state index contributed by atoms with van der Waals surface area (Å²) in [6.07, 6.45) is 1.28. The van der Waals surface area contributed by atoms with Crippen molar-refractivity contribution in [2.24, 2.45) is 0 Å². The highest BCUT2D eigenvalue weighted by Gasteiger charge is 2.21. The van der Waals surface area contributed by atoms with Gasteiger partial charge in [-0.05, 0) is 49.6 Å². The second-order valence-corrected chi connectivity index (χ2v) is 7.82. The number of ether oxygens (including phenoxy) is 2. The van der Waals surface area contributed by atoms with Gasteiger partial charge < -0.3 is 14.8 Å². The summed E-state index contributed by atoms with van der Waals surface area (Å²) in [4.78, 5) is 12.8. The molecule has 0 heterocycles. The summed E-state index contributed by atoms with van der Waals surface area (Å²) in [6, 6.07) is 26.1. The summed E-state index contributed by atoms with van der Waals surface area (Å²) < 4.78 is 11.4. The smallest absolute Gasteiger partial charge is 0.220 e. The fourth-order valence-electron chi connectivity index (χ4n) is 3.66. The zero-order valence-corrected chi connectivity index (χ0v) is 18.5. The quantitative estimate of drug-likeness (QED) is 0.483. The molecule has 0 aromatic heterocycles. The zero-order valence-electron chi connectivity index (χ0n) is 18.5. The van der Waals surface area contributed by atoms with Gasteiger partial charge in [-0.2, -0.15) is 0 Å². The number of nitrogens with one attached hydrogen (secondary N) is 1. The lowest BCUT2D eigenvalue weighted by molar-refractivity contribution is -0.121. The van der Waals surface area contributed by atoms with E-state index in [1.807, 2.05) is 80.6 Å². The molecule has 4 heteroatoms. The number of para-hydroxylation sites is 1. The van der Waals surface area contributed by atoms with Crippen LogP contribution in [0.25, 0.3) is 0 Å². The van der Waals surface area contributed by atoms with E-state index in [1.165, 1.54) is 5.56 Å². The first-order chi connectivity index (χ1) is 15.1. The summed E-state index contributed by atoms with van der Waals surface area (Å²) in [5.74, 6) is 1.52. The molecule has 3 rings (SSSR count). The molecule has 0 saturated heterocycles. The van der Waals surface area contributed by atoms with Crippen LogP contribution in [-0.4, -0.2) is 25.7 Å². The van der Waals surface area contributed by atoms with Gasteiger partial charge in [0, 0.05) is 24.4 Å². The number of benzene rings is 3. The van der Waals surface area contributed by atoms with E-state index < -0.39 is 0 Å². The molecule has 1 amide bonds. The minimum Gasteiger partial charge on any atom is -0.496 e. The van der Waals surface area contributed by atoms with Crippen molar-refractivity contribution in [2.45, 2.75) is 38.7 Å². The van der Waals surface area contributed by atoms with Crippen LogP contribution in [0, 0.1) is 0 Å². The van der Waals surface area contributed by atoms with Crippen molar-refractivity contribution in [1.29, 1.82) is 0 Å². The molecule has 0 saturated carbocycles. The van der Waals surface area contributed by atoms with Crippen LogP contribution in [0.1, 0.15) is 42.9 Å². The Morgan fingerprint density at radius 1 is 0.903 bits per heavy atom. The van der Waals surface area contributed by atoms with Gasteiger partial charge in [0.05, 0.1) is 13.2 Å².